The summed E-state index contributed by atoms with van der Waals surface area (Å²) in [7, 11) is 0. The van der Waals surface area contributed by atoms with Gasteiger partial charge in [0.15, 0.2) is 0 Å². The van der Waals surface area contributed by atoms with Gasteiger partial charge in [-0.05, 0) is 36.6 Å². The number of fused-ring (bicyclic) bond motifs is 1. The second-order valence-electron chi connectivity index (χ2n) is 5.35. The number of nitrogens with zero attached hydrogens (tertiary/aromatic N) is 3. The number of aryl methyl sites for hydroxylation is 1. The van der Waals surface area contributed by atoms with Crippen molar-refractivity contribution in [1.29, 1.82) is 0 Å². The molecule has 22 heavy (non-hydrogen) atoms. The van der Waals surface area contributed by atoms with Crippen LogP contribution in [0.1, 0.15) is 38.8 Å². The molecule has 1 amide bonds. The lowest BCUT2D eigenvalue weighted by atomic mass is 9.97. The van der Waals surface area contributed by atoms with Gasteiger partial charge >= 0.3 is 5.97 Å². The second kappa shape index (κ2) is 5.63. The van der Waals surface area contributed by atoms with E-state index in [4.69, 9.17) is 5.11 Å². The van der Waals surface area contributed by atoms with Gasteiger partial charge in [-0.25, -0.2) is 4.79 Å². The summed E-state index contributed by atoms with van der Waals surface area (Å²) in [4.78, 5) is 25.3. The lowest BCUT2D eigenvalue weighted by Crippen LogP contribution is -2.35. The molecule has 0 saturated heterocycles. The smallest absolute Gasteiger partial charge is 0.335 e. The Bertz CT molecular complexity index is 736. The zero-order valence-corrected chi connectivity index (χ0v) is 12.3. The number of amides is 1. The summed E-state index contributed by atoms with van der Waals surface area (Å²) in [5, 5.41) is 13.2. The fraction of sp³-hybridized carbons (Fsp3) is 0.312. The first kappa shape index (κ1) is 14.3. The Labute approximate surface area is 128 Å². The van der Waals surface area contributed by atoms with Gasteiger partial charge in [0.25, 0.3) is 5.91 Å². The normalized spacial score (nSPS) is 13.8. The van der Waals surface area contributed by atoms with Crippen molar-refractivity contribution in [3.8, 4) is 0 Å². The standard InChI is InChI=1S/C16H17N3O3/c1-2-19-10-14(8-17-19)15(20)18-6-5-11-3-4-12(16(21)22)7-13(11)9-18/h3-4,7-8,10H,2,5-6,9H2,1H3,(H,21,22). The summed E-state index contributed by atoms with van der Waals surface area (Å²) < 4.78 is 1.72. The number of benzene rings is 1. The molecule has 0 unspecified atom stereocenters. The fourth-order valence-corrected chi connectivity index (χ4v) is 2.69. The van der Waals surface area contributed by atoms with E-state index in [1.54, 1.807) is 34.1 Å². The average Bonchev–Trinajstić information content (AvgIpc) is 3.02. The van der Waals surface area contributed by atoms with Gasteiger partial charge in [0, 0.05) is 25.8 Å². The molecule has 114 valence electrons. The maximum Gasteiger partial charge on any atom is 0.335 e. The van der Waals surface area contributed by atoms with E-state index in [1.807, 2.05) is 13.0 Å². The van der Waals surface area contributed by atoms with Crippen molar-refractivity contribution in [3.63, 3.8) is 0 Å². The molecule has 1 aliphatic rings. The lowest BCUT2D eigenvalue weighted by molar-refractivity contribution is 0.0696. The molecule has 6 nitrogen and oxygen atoms in total. The number of rotatable bonds is 3. The van der Waals surface area contributed by atoms with E-state index >= 15 is 0 Å². The molecule has 0 atom stereocenters. The van der Waals surface area contributed by atoms with Crippen molar-refractivity contribution >= 4 is 11.9 Å². The molecule has 1 aliphatic heterocycles. The van der Waals surface area contributed by atoms with Crippen LogP contribution in [0.3, 0.4) is 0 Å². The van der Waals surface area contributed by atoms with Gasteiger partial charge in [-0.1, -0.05) is 6.07 Å². The first-order valence-corrected chi connectivity index (χ1v) is 7.25. The van der Waals surface area contributed by atoms with Crippen LogP contribution >= 0.6 is 0 Å². The van der Waals surface area contributed by atoms with Crippen LogP contribution in [0, 0.1) is 0 Å². The summed E-state index contributed by atoms with van der Waals surface area (Å²) in [5.74, 6) is -1.01. The Kier molecular flexibility index (Phi) is 3.66. The first-order chi connectivity index (χ1) is 10.6. The van der Waals surface area contributed by atoms with Crippen LogP contribution in [-0.4, -0.2) is 38.2 Å². The predicted octanol–water partition coefficient (Wildman–Crippen LogP) is 1.80. The van der Waals surface area contributed by atoms with E-state index in [1.165, 1.54) is 0 Å². The molecule has 0 bridgehead atoms. The van der Waals surface area contributed by atoms with E-state index in [-0.39, 0.29) is 11.5 Å². The number of hydrogen-bond donors (Lipinski definition) is 1. The van der Waals surface area contributed by atoms with Crippen molar-refractivity contribution in [3.05, 3.63) is 52.8 Å². The first-order valence-electron chi connectivity index (χ1n) is 7.25. The monoisotopic (exact) mass is 299 g/mol. The Morgan fingerprint density at radius 2 is 2.09 bits per heavy atom. The molecule has 0 aliphatic carbocycles. The highest BCUT2D eigenvalue weighted by Gasteiger charge is 2.23. The molecule has 3 rings (SSSR count). The van der Waals surface area contributed by atoms with Crippen LogP contribution in [-0.2, 0) is 19.5 Å². The number of aromatic nitrogens is 2. The maximum absolute atomic E-state index is 12.5. The molecular weight excluding hydrogens is 282 g/mol. The molecular formula is C16H17N3O3. The SMILES string of the molecule is CCn1cc(C(=O)N2CCc3ccc(C(=O)O)cc3C2)cn1. The van der Waals surface area contributed by atoms with Crippen molar-refractivity contribution in [1.82, 2.24) is 14.7 Å². The zero-order valence-electron chi connectivity index (χ0n) is 12.3. The molecule has 2 heterocycles. The van der Waals surface area contributed by atoms with Crippen LogP contribution in [0.25, 0.3) is 0 Å². The molecule has 0 saturated carbocycles. The molecule has 1 N–H and O–H groups in total. The maximum atomic E-state index is 12.5. The van der Waals surface area contributed by atoms with Gasteiger partial charge in [0.05, 0.1) is 17.3 Å². The van der Waals surface area contributed by atoms with Crippen LogP contribution in [0.2, 0.25) is 0 Å². The van der Waals surface area contributed by atoms with E-state index in [0.29, 0.717) is 18.7 Å². The van der Waals surface area contributed by atoms with E-state index in [2.05, 4.69) is 5.10 Å². The van der Waals surface area contributed by atoms with Gasteiger partial charge in [-0.3, -0.25) is 9.48 Å². The van der Waals surface area contributed by atoms with Gasteiger partial charge in [0.1, 0.15) is 0 Å². The number of carbonyl (C=O) groups is 2. The number of carbonyl (C=O) groups excluding carboxylic acids is 1. The van der Waals surface area contributed by atoms with Crippen LogP contribution < -0.4 is 0 Å². The highest BCUT2D eigenvalue weighted by atomic mass is 16.4. The number of aromatic carboxylic acids is 1. The Balaban J connectivity index is 1.82. The molecule has 1 aromatic heterocycles. The number of carboxylic acid groups (broad SMARTS) is 1. The number of hydrogen-bond acceptors (Lipinski definition) is 3. The highest BCUT2D eigenvalue weighted by molar-refractivity contribution is 5.94. The minimum Gasteiger partial charge on any atom is -0.478 e. The summed E-state index contributed by atoms with van der Waals surface area (Å²) in [6, 6.07) is 5.12. The predicted molar refractivity (Wildman–Crippen MR) is 79.7 cm³/mol. The quantitative estimate of drug-likeness (QED) is 0.937. The van der Waals surface area contributed by atoms with Gasteiger partial charge < -0.3 is 10.0 Å². The Morgan fingerprint density at radius 3 is 2.77 bits per heavy atom. The largest absolute Gasteiger partial charge is 0.478 e. The Hall–Kier alpha value is -2.63. The summed E-state index contributed by atoms with van der Waals surface area (Å²) in [6.07, 6.45) is 4.06. The van der Waals surface area contributed by atoms with E-state index in [0.717, 1.165) is 24.1 Å². The summed E-state index contributed by atoms with van der Waals surface area (Å²) >= 11 is 0. The Morgan fingerprint density at radius 1 is 1.27 bits per heavy atom. The highest BCUT2D eigenvalue weighted by Crippen LogP contribution is 2.22. The van der Waals surface area contributed by atoms with Crippen molar-refractivity contribution in [2.45, 2.75) is 26.4 Å². The van der Waals surface area contributed by atoms with Crippen molar-refractivity contribution < 1.29 is 14.7 Å². The third-order valence-electron chi connectivity index (χ3n) is 3.96. The second-order valence-corrected chi connectivity index (χ2v) is 5.35. The number of carboxylic acids is 1. The fourth-order valence-electron chi connectivity index (χ4n) is 2.69. The van der Waals surface area contributed by atoms with Gasteiger partial charge in [0.2, 0.25) is 0 Å². The lowest BCUT2D eigenvalue weighted by Gasteiger charge is -2.28. The van der Waals surface area contributed by atoms with Crippen LogP contribution in [0.15, 0.2) is 30.6 Å². The molecule has 0 spiro atoms. The molecule has 0 radical (unpaired) electrons. The van der Waals surface area contributed by atoms with Crippen LogP contribution in [0.4, 0.5) is 0 Å². The third-order valence-corrected chi connectivity index (χ3v) is 3.96. The molecule has 6 heteroatoms. The van der Waals surface area contributed by atoms with E-state index < -0.39 is 5.97 Å². The van der Waals surface area contributed by atoms with Crippen molar-refractivity contribution in [2.24, 2.45) is 0 Å². The minimum atomic E-state index is -0.949. The minimum absolute atomic E-state index is 0.0638. The topological polar surface area (TPSA) is 75.4 Å². The van der Waals surface area contributed by atoms with E-state index in [9.17, 15) is 9.59 Å². The molecule has 0 fully saturated rings. The molecule has 1 aromatic carbocycles. The van der Waals surface area contributed by atoms with Gasteiger partial charge in [-0.15, -0.1) is 0 Å². The van der Waals surface area contributed by atoms with Crippen LogP contribution in [0.5, 0.6) is 0 Å². The van der Waals surface area contributed by atoms with Gasteiger partial charge in [-0.2, -0.15) is 5.10 Å². The molecule has 2 aromatic rings. The zero-order chi connectivity index (χ0) is 15.7. The third kappa shape index (κ3) is 2.59. The summed E-state index contributed by atoms with van der Waals surface area (Å²) in [5.41, 5.74) is 2.84. The van der Waals surface area contributed by atoms with Crippen molar-refractivity contribution in [2.75, 3.05) is 6.54 Å². The summed E-state index contributed by atoms with van der Waals surface area (Å²) in [6.45, 7) is 3.76. The average molecular weight is 299 g/mol.